The number of esters is 1. The lowest BCUT2D eigenvalue weighted by atomic mass is 10.1. The van der Waals surface area contributed by atoms with Gasteiger partial charge in [-0.25, -0.2) is 4.79 Å². The molecule has 0 saturated carbocycles. The van der Waals surface area contributed by atoms with Crippen LogP contribution in [0.25, 0.3) is 0 Å². The Labute approximate surface area is 152 Å². The first-order chi connectivity index (χ1) is 12.2. The summed E-state index contributed by atoms with van der Waals surface area (Å²) in [5.74, 6) is -0.649. The van der Waals surface area contributed by atoms with Gasteiger partial charge in [0.2, 0.25) is 5.75 Å². The maximum atomic E-state index is 12.4. The lowest BCUT2D eigenvalue weighted by molar-refractivity contribution is -0.152. The summed E-state index contributed by atoms with van der Waals surface area (Å²) in [6.45, 7) is 1.06. The van der Waals surface area contributed by atoms with Crippen molar-refractivity contribution in [2.75, 3.05) is 42.0 Å². The molecule has 9 nitrogen and oxygen atoms in total. The van der Waals surface area contributed by atoms with Crippen LogP contribution in [0.4, 0.5) is 0 Å². The zero-order valence-corrected chi connectivity index (χ0v) is 15.7. The van der Waals surface area contributed by atoms with Crippen LogP contribution in [0.1, 0.15) is 17.3 Å². The van der Waals surface area contributed by atoms with E-state index in [1.807, 2.05) is 0 Å². The number of ether oxygens (including phenoxy) is 4. The second-order valence-electron chi connectivity index (χ2n) is 5.51. The summed E-state index contributed by atoms with van der Waals surface area (Å²) in [6.07, 6.45) is 0. The molecule has 0 radical (unpaired) electrons. The summed E-state index contributed by atoms with van der Waals surface area (Å²) in [5, 5.41) is 2.50. The average molecular weight is 368 g/mol. The van der Waals surface area contributed by atoms with Crippen LogP contribution in [-0.2, 0) is 14.3 Å². The number of nitrogens with zero attached hydrogens (tertiary/aromatic N) is 1. The number of methoxy groups -OCH3 is 3. The van der Waals surface area contributed by atoms with Gasteiger partial charge in [0.25, 0.3) is 11.8 Å². The molecule has 0 aliphatic rings. The Kier molecular flexibility index (Phi) is 7.70. The number of hydrogen-bond donors (Lipinski definition) is 1. The molecular weight excluding hydrogens is 344 g/mol. The van der Waals surface area contributed by atoms with E-state index in [9.17, 15) is 14.4 Å². The first-order valence-corrected chi connectivity index (χ1v) is 7.72. The maximum absolute atomic E-state index is 12.4. The molecule has 144 valence electrons. The third kappa shape index (κ3) is 5.27. The molecular formula is C17H24N2O7. The zero-order chi connectivity index (χ0) is 19.9. The summed E-state index contributed by atoms with van der Waals surface area (Å²) < 4.78 is 20.5. The fraction of sp³-hybridized carbons (Fsp3) is 0.471. The molecule has 1 N–H and O–H groups in total. The second-order valence-corrected chi connectivity index (χ2v) is 5.51. The van der Waals surface area contributed by atoms with E-state index in [0.29, 0.717) is 17.2 Å². The van der Waals surface area contributed by atoms with E-state index < -0.39 is 24.5 Å². The van der Waals surface area contributed by atoms with E-state index in [-0.39, 0.29) is 11.5 Å². The Bertz CT molecular complexity index is 648. The van der Waals surface area contributed by atoms with Crippen molar-refractivity contribution < 1.29 is 33.3 Å². The van der Waals surface area contributed by atoms with Crippen molar-refractivity contribution in [2.45, 2.75) is 13.0 Å². The lowest BCUT2D eigenvalue weighted by Crippen LogP contribution is -2.40. The molecule has 0 spiro atoms. The number of hydrogen-bond acceptors (Lipinski definition) is 7. The highest BCUT2D eigenvalue weighted by atomic mass is 16.5. The van der Waals surface area contributed by atoms with Crippen molar-refractivity contribution in [2.24, 2.45) is 0 Å². The molecule has 1 rings (SSSR count). The number of carbonyl (C=O) groups excluding carboxylic acids is 3. The first kappa shape index (κ1) is 21.1. The number of nitrogens with one attached hydrogen (secondary N) is 1. The number of benzene rings is 1. The van der Waals surface area contributed by atoms with Crippen molar-refractivity contribution >= 4 is 17.8 Å². The SMILES string of the molecule is COc1cc(C(=O)N[C@@H](C)C(=O)OCC(=O)N(C)C)cc(OC)c1OC. The Hall–Kier alpha value is -2.97. The second kappa shape index (κ2) is 9.50. The Morgan fingerprint density at radius 1 is 1.04 bits per heavy atom. The fourth-order valence-corrected chi connectivity index (χ4v) is 1.94. The first-order valence-electron chi connectivity index (χ1n) is 7.72. The van der Waals surface area contributed by atoms with Gasteiger partial charge in [0.1, 0.15) is 6.04 Å². The topological polar surface area (TPSA) is 103 Å². The summed E-state index contributed by atoms with van der Waals surface area (Å²) in [5.41, 5.74) is 0.212. The molecule has 1 aromatic carbocycles. The Morgan fingerprint density at radius 2 is 1.58 bits per heavy atom. The van der Waals surface area contributed by atoms with E-state index in [0.717, 1.165) is 0 Å². The minimum Gasteiger partial charge on any atom is -0.493 e. The van der Waals surface area contributed by atoms with E-state index in [1.54, 1.807) is 14.1 Å². The molecule has 0 bridgehead atoms. The van der Waals surface area contributed by atoms with E-state index >= 15 is 0 Å². The van der Waals surface area contributed by atoms with Gasteiger partial charge in [-0.1, -0.05) is 0 Å². The Balaban J connectivity index is 2.83. The average Bonchev–Trinajstić information content (AvgIpc) is 2.63. The molecule has 9 heteroatoms. The highest BCUT2D eigenvalue weighted by molar-refractivity contribution is 5.98. The minimum atomic E-state index is -0.948. The molecule has 0 aromatic heterocycles. The molecule has 0 unspecified atom stereocenters. The Morgan fingerprint density at radius 3 is 2.00 bits per heavy atom. The molecule has 0 aliphatic carbocycles. The standard InChI is InChI=1S/C17H24N2O7/c1-10(17(22)26-9-14(20)19(2)3)18-16(21)11-7-12(23-4)15(25-6)13(8-11)24-5/h7-8,10H,9H2,1-6H3,(H,18,21)/t10-/m0/s1. The highest BCUT2D eigenvalue weighted by Gasteiger charge is 2.22. The largest absolute Gasteiger partial charge is 0.493 e. The van der Waals surface area contributed by atoms with Gasteiger partial charge in [0.15, 0.2) is 18.1 Å². The zero-order valence-electron chi connectivity index (χ0n) is 15.7. The van der Waals surface area contributed by atoms with E-state index in [2.05, 4.69) is 5.32 Å². The van der Waals surface area contributed by atoms with Crippen LogP contribution in [0.15, 0.2) is 12.1 Å². The summed E-state index contributed by atoms with van der Waals surface area (Å²) in [4.78, 5) is 37.0. The van der Waals surface area contributed by atoms with Crippen LogP contribution in [0, 0.1) is 0 Å². The van der Waals surface area contributed by atoms with Crippen LogP contribution in [0.3, 0.4) is 0 Å². The molecule has 0 fully saturated rings. The number of carbonyl (C=O) groups is 3. The smallest absolute Gasteiger partial charge is 0.328 e. The summed E-state index contributed by atoms with van der Waals surface area (Å²) in [6, 6.07) is 1.98. The molecule has 0 saturated heterocycles. The molecule has 2 amide bonds. The van der Waals surface area contributed by atoms with Crippen LogP contribution in [-0.4, -0.2) is 70.8 Å². The van der Waals surface area contributed by atoms with Crippen LogP contribution in [0.5, 0.6) is 17.2 Å². The van der Waals surface area contributed by atoms with Gasteiger partial charge >= 0.3 is 5.97 Å². The van der Waals surface area contributed by atoms with Gasteiger partial charge in [0.05, 0.1) is 21.3 Å². The number of likely N-dealkylation sites (N-methyl/N-ethyl adjacent to an activating group) is 1. The minimum absolute atomic E-state index is 0.212. The predicted molar refractivity (Wildman–Crippen MR) is 92.7 cm³/mol. The van der Waals surface area contributed by atoms with Gasteiger partial charge in [-0.15, -0.1) is 0 Å². The summed E-state index contributed by atoms with van der Waals surface area (Å²) in [7, 11) is 7.41. The third-order valence-corrected chi connectivity index (χ3v) is 3.46. The number of rotatable bonds is 8. The van der Waals surface area contributed by atoms with Crippen molar-refractivity contribution in [1.82, 2.24) is 10.2 Å². The van der Waals surface area contributed by atoms with Gasteiger partial charge in [-0.05, 0) is 19.1 Å². The third-order valence-electron chi connectivity index (χ3n) is 3.46. The molecule has 26 heavy (non-hydrogen) atoms. The number of amides is 2. The predicted octanol–water partition coefficient (Wildman–Crippen LogP) is 0.462. The monoisotopic (exact) mass is 368 g/mol. The van der Waals surface area contributed by atoms with Gasteiger partial charge in [-0.2, -0.15) is 0 Å². The quantitative estimate of drug-likeness (QED) is 0.665. The van der Waals surface area contributed by atoms with Crippen LogP contribution in [0.2, 0.25) is 0 Å². The summed E-state index contributed by atoms with van der Waals surface area (Å²) >= 11 is 0. The van der Waals surface area contributed by atoms with Gasteiger partial charge < -0.3 is 29.2 Å². The molecule has 1 aromatic rings. The molecule has 1 atom stereocenters. The van der Waals surface area contributed by atoms with E-state index in [1.165, 1.54) is 45.3 Å². The van der Waals surface area contributed by atoms with Crippen molar-refractivity contribution in [3.8, 4) is 17.2 Å². The fourth-order valence-electron chi connectivity index (χ4n) is 1.94. The van der Waals surface area contributed by atoms with E-state index in [4.69, 9.17) is 18.9 Å². The maximum Gasteiger partial charge on any atom is 0.328 e. The van der Waals surface area contributed by atoms with Gasteiger partial charge in [0, 0.05) is 19.7 Å². The van der Waals surface area contributed by atoms with Crippen LogP contribution >= 0.6 is 0 Å². The van der Waals surface area contributed by atoms with Gasteiger partial charge in [-0.3, -0.25) is 9.59 Å². The highest BCUT2D eigenvalue weighted by Crippen LogP contribution is 2.38. The molecule has 0 heterocycles. The van der Waals surface area contributed by atoms with Crippen LogP contribution < -0.4 is 19.5 Å². The van der Waals surface area contributed by atoms with Crippen molar-refractivity contribution in [3.05, 3.63) is 17.7 Å². The lowest BCUT2D eigenvalue weighted by Gasteiger charge is -2.16. The molecule has 0 aliphatic heterocycles. The normalized spacial score (nSPS) is 11.2. The van der Waals surface area contributed by atoms with Crippen molar-refractivity contribution in [1.29, 1.82) is 0 Å². The van der Waals surface area contributed by atoms with Crippen molar-refractivity contribution in [3.63, 3.8) is 0 Å².